The van der Waals surface area contributed by atoms with E-state index in [4.69, 9.17) is 0 Å². The summed E-state index contributed by atoms with van der Waals surface area (Å²) in [7, 11) is 0. The first-order valence-corrected chi connectivity index (χ1v) is 8.69. The van der Waals surface area contributed by atoms with Gasteiger partial charge in [-0.1, -0.05) is 25.3 Å². The molecule has 22 heavy (non-hydrogen) atoms. The highest BCUT2D eigenvalue weighted by Crippen LogP contribution is 2.27. The summed E-state index contributed by atoms with van der Waals surface area (Å²) in [5, 5.41) is 6.15. The van der Waals surface area contributed by atoms with Crippen LogP contribution >= 0.6 is 0 Å². The molecule has 0 radical (unpaired) electrons. The summed E-state index contributed by atoms with van der Waals surface area (Å²) >= 11 is 0. The van der Waals surface area contributed by atoms with Gasteiger partial charge in [0.25, 0.3) is 0 Å². The lowest BCUT2D eigenvalue weighted by molar-refractivity contribution is 0.122. The van der Waals surface area contributed by atoms with Crippen LogP contribution in [-0.4, -0.2) is 35.6 Å². The molecule has 3 heteroatoms. The summed E-state index contributed by atoms with van der Waals surface area (Å²) < 4.78 is 0. The van der Waals surface area contributed by atoms with Crippen LogP contribution in [0, 0.1) is 5.92 Å². The first-order chi connectivity index (χ1) is 10.9. The van der Waals surface area contributed by atoms with Crippen LogP contribution in [0.2, 0.25) is 0 Å². The average molecular weight is 295 g/mol. The number of rotatable bonds is 4. The Morgan fingerprint density at radius 1 is 1.05 bits per heavy atom. The van der Waals surface area contributed by atoms with E-state index in [1.165, 1.54) is 68.2 Å². The molecule has 1 saturated heterocycles. The number of hydrogen-bond donors (Lipinski definition) is 1. The molecule has 3 nitrogen and oxygen atoms in total. The van der Waals surface area contributed by atoms with Gasteiger partial charge in [0, 0.05) is 43.1 Å². The van der Waals surface area contributed by atoms with Crippen LogP contribution in [0.15, 0.2) is 36.7 Å². The second-order valence-electron chi connectivity index (χ2n) is 7.00. The third-order valence-corrected chi connectivity index (χ3v) is 5.21. The van der Waals surface area contributed by atoms with Gasteiger partial charge in [-0.05, 0) is 42.3 Å². The Bertz CT molecular complexity index is 627. The standard InChI is InChI=1S/C19H25N3/c1-2-4-15(5-3-1)12-22-13-19(14-22)21-18-7-6-17-11-20-9-8-16(17)10-18/h6-11,15,19,21H,1-5,12-14H2. The molecular formula is C19H25N3. The maximum Gasteiger partial charge on any atom is 0.0515 e. The zero-order valence-corrected chi connectivity index (χ0v) is 13.2. The Balaban J connectivity index is 1.29. The number of anilines is 1. The van der Waals surface area contributed by atoms with E-state index < -0.39 is 0 Å². The van der Waals surface area contributed by atoms with Crippen LogP contribution in [0.5, 0.6) is 0 Å². The third-order valence-electron chi connectivity index (χ3n) is 5.21. The molecule has 1 aliphatic heterocycles. The van der Waals surface area contributed by atoms with Gasteiger partial charge in [-0.2, -0.15) is 0 Å². The first-order valence-electron chi connectivity index (χ1n) is 8.69. The van der Waals surface area contributed by atoms with E-state index in [1.54, 1.807) is 0 Å². The van der Waals surface area contributed by atoms with Crippen molar-refractivity contribution >= 4 is 16.5 Å². The minimum Gasteiger partial charge on any atom is -0.380 e. The molecule has 1 saturated carbocycles. The van der Waals surface area contributed by atoms with E-state index >= 15 is 0 Å². The van der Waals surface area contributed by atoms with Crippen molar-refractivity contribution in [3.8, 4) is 0 Å². The number of nitrogens with zero attached hydrogens (tertiary/aromatic N) is 2. The summed E-state index contributed by atoms with van der Waals surface area (Å²) in [6, 6.07) is 9.26. The molecule has 116 valence electrons. The summed E-state index contributed by atoms with van der Waals surface area (Å²) in [6.07, 6.45) is 11.0. The number of likely N-dealkylation sites (tertiary alicyclic amines) is 1. The molecule has 2 fully saturated rings. The third kappa shape index (κ3) is 3.09. The van der Waals surface area contributed by atoms with Crippen LogP contribution in [-0.2, 0) is 0 Å². The fourth-order valence-electron chi connectivity index (χ4n) is 3.95. The van der Waals surface area contributed by atoms with E-state index in [0.717, 1.165) is 5.92 Å². The lowest BCUT2D eigenvalue weighted by Crippen LogP contribution is -2.55. The van der Waals surface area contributed by atoms with Gasteiger partial charge in [0.05, 0.1) is 6.04 Å². The second kappa shape index (κ2) is 6.25. The second-order valence-corrected chi connectivity index (χ2v) is 7.00. The van der Waals surface area contributed by atoms with E-state index in [0.29, 0.717) is 6.04 Å². The van der Waals surface area contributed by atoms with Gasteiger partial charge < -0.3 is 5.32 Å². The Morgan fingerprint density at radius 2 is 1.91 bits per heavy atom. The molecule has 2 aromatic rings. The molecule has 1 aromatic heterocycles. The van der Waals surface area contributed by atoms with Gasteiger partial charge in [0.15, 0.2) is 0 Å². The smallest absolute Gasteiger partial charge is 0.0515 e. The maximum atomic E-state index is 4.17. The molecule has 2 aliphatic rings. The van der Waals surface area contributed by atoms with Crippen molar-refractivity contribution in [3.05, 3.63) is 36.7 Å². The molecule has 1 aliphatic carbocycles. The number of pyridine rings is 1. The minimum absolute atomic E-state index is 0.614. The van der Waals surface area contributed by atoms with Crippen LogP contribution in [0.1, 0.15) is 32.1 Å². The van der Waals surface area contributed by atoms with Gasteiger partial charge in [-0.3, -0.25) is 9.88 Å². The molecule has 1 N–H and O–H groups in total. The predicted molar refractivity (Wildman–Crippen MR) is 92.2 cm³/mol. The number of benzene rings is 1. The molecule has 4 rings (SSSR count). The Kier molecular flexibility index (Phi) is 3.98. The van der Waals surface area contributed by atoms with Crippen molar-refractivity contribution in [2.24, 2.45) is 5.92 Å². The molecule has 2 heterocycles. The van der Waals surface area contributed by atoms with Gasteiger partial charge >= 0.3 is 0 Å². The predicted octanol–water partition coefficient (Wildman–Crippen LogP) is 3.91. The average Bonchev–Trinajstić information content (AvgIpc) is 2.54. The molecule has 0 bridgehead atoms. The number of aromatic nitrogens is 1. The van der Waals surface area contributed by atoms with Crippen LogP contribution in [0.25, 0.3) is 10.8 Å². The lowest BCUT2D eigenvalue weighted by atomic mass is 9.88. The SMILES string of the molecule is c1cc2cc(NC3CN(CC4CCCCC4)C3)ccc2cn1. The van der Waals surface area contributed by atoms with Crippen molar-refractivity contribution in [2.75, 3.05) is 25.0 Å². The highest BCUT2D eigenvalue weighted by Gasteiger charge is 2.28. The maximum absolute atomic E-state index is 4.17. The van der Waals surface area contributed by atoms with Crippen molar-refractivity contribution in [1.82, 2.24) is 9.88 Å². The zero-order chi connectivity index (χ0) is 14.8. The quantitative estimate of drug-likeness (QED) is 0.927. The van der Waals surface area contributed by atoms with Crippen LogP contribution in [0.4, 0.5) is 5.69 Å². The summed E-state index contributed by atoms with van der Waals surface area (Å²) in [5.41, 5.74) is 1.24. The largest absolute Gasteiger partial charge is 0.380 e. The monoisotopic (exact) mass is 295 g/mol. The fraction of sp³-hybridized carbons (Fsp3) is 0.526. The topological polar surface area (TPSA) is 28.2 Å². The van der Waals surface area contributed by atoms with Gasteiger partial charge in [0.2, 0.25) is 0 Å². The van der Waals surface area contributed by atoms with Gasteiger partial charge in [-0.15, -0.1) is 0 Å². The van der Waals surface area contributed by atoms with Crippen molar-refractivity contribution < 1.29 is 0 Å². The van der Waals surface area contributed by atoms with Crippen molar-refractivity contribution in [2.45, 2.75) is 38.1 Å². The molecule has 0 atom stereocenters. The Labute approximate surface area is 132 Å². The van der Waals surface area contributed by atoms with E-state index in [2.05, 4.69) is 39.5 Å². The lowest BCUT2D eigenvalue weighted by Gasteiger charge is -2.42. The summed E-state index contributed by atoms with van der Waals surface area (Å²) in [6.45, 7) is 3.72. The highest BCUT2D eigenvalue weighted by molar-refractivity contribution is 5.84. The number of fused-ring (bicyclic) bond motifs is 1. The van der Waals surface area contributed by atoms with Gasteiger partial charge in [0.1, 0.15) is 0 Å². The van der Waals surface area contributed by atoms with E-state index in [1.807, 2.05) is 12.4 Å². The van der Waals surface area contributed by atoms with Gasteiger partial charge in [-0.25, -0.2) is 0 Å². The van der Waals surface area contributed by atoms with E-state index in [9.17, 15) is 0 Å². The number of hydrogen-bond acceptors (Lipinski definition) is 3. The number of nitrogens with one attached hydrogen (secondary N) is 1. The van der Waals surface area contributed by atoms with Crippen molar-refractivity contribution in [3.63, 3.8) is 0 Å². The highest BCUT2D eigenvalue weighted by atomic mass is 15.2. The van der Waals surface area contributed by atoms with Crippen LogP contribution < -0.4 is 5.32 Å². The first kappa shape index (κ1) is 14.0. The molecule has 0 spiro atoms. The molecular weight excluding hydrogens is 270 g/mol. The molecule has 1 aromatic carbocycles. The minimum atomic E-state index is 0.614. The zero-order valence-electron chi connectivity index (χ0n) is 13.2. The van der Waals surface area contributed by atoms with E-state index in [-0.39, 0.29) is 0 Å². The molecule has 0 amide bonds. The summed E-state index contributed by atoms with van der Waals surface area (Å²) in [4.78, 5) is 6.79. The van der Waals surface area contributed by atoms with Crippen molar-refractivity contribution in [1.29, 1.82) is 0 Å². The Hall–Kier alpha value is -1.61. The van der Waals surface area contributed by atoms with Crippen LogP contribution in [0.3, 0.4) is 0 Å². The molecule has 0 unspecified atom stereocenters. The normalized spacial score (nSPS) is 20.9. The summed E-state index contributed by atoms with van der Waals surface area (Å²) in [5.74, 6) is 0.961. The Morgan fingerprint density at radius 3 is 2.77 bits per heavy atom. The fourth-order valence-corrected chi connectivity index (χ4v) is 3.95.